The van der Waals surface area contributed by atoms with Gasteiger partial charge in [0, 0.05) is 18.2 Å². The molecule has 1 aliphatic rings. The van der Waals surface area contributed by atoms with E-state index in [-0.39, 0.29) is 5.56 Å². The molecule has 1 saturated heterocycles. The molecule has 0 spiro atoms. The summed E-state index contributed by atoms with van der Waals surface area (Å²) in [6, 6.07) is 3.13. The van der Waals surface area contributed by atoms with Gasteiger partial charge in [-0.25, -0.2) is 0 Å². The Bertz CT molecular complexity index is 563. The van der Waals surface area contributed by atoms with Gasteiger partial charge in [-0.2, -0.15) is 4.98 Å². The minimum absolute atomic E-state index is 0.142. The van der Waals surface area contributed by atoms with Crippen LogP contribution in [0.1, 0.15) is 24.6 Å². The highest BCUT2D eigenvalue weighted by atomic mass is 16.5. The van der Waals surface area contributed by atoms with Crippen LogP contribution in [0.5, 0.6) is 0 Å². The van der Waals surface area contributed by atoms with E-state index in [2.05, 4.69) is 20.4 Å². The third kappa shape index (κ3) is 2.19. The van der Waals surface area contributed by atoms with Gasteiger partial charge in [0.05, 0.1) is 5.56 Å². The number of pyridine rings is 1. The SMILES string of the molecule is O=c1ccc(-c2nc(C3CCNCC3)no2)c[nH]1. The third-order valence-electron chi connectivity index (χ3n) is 3.18. The van der Waals surface area contributed by atoms with Crippen molar-refractivity contribution in [3.8, 4) is 11.5 Å². The van der Waals surface area contributed by atoms with Gasteiger partial charge >= 0.3 is 0 Å². The quantitative estimate of drug-likeness (QED) is 0.822. The van der Waals surface area contributed by atoms with Gasteiger partial charge in [0.25, 0.3) is 5.89 Å². The zero-order valence-corrected chi connectivity index (χ0v) is 9.85. The molecular formula is C12H14N4O2. The van der Waals surface area contributed by atoms with Crippen molar-refractivity contribution in [2.24, 2.45) is 0 Å². The summed E-state index contributed by atoms with van der Waals surface area (Å²) in [5.74, 6) is 1.59. The molecule has 3 heterocycles. The summed E-state index contributed by atoms with van der Waals surface area (Å²) in [5.41, 5.74) is 0.596. The summed E-state index contributed by atoms with van der Waals surface area (Å²) in [6.45, 7) is 1.99. The lowest BCUT2D eigenvalue weighted by Crippen LogP contribution is -2.27. The Hall–Kier alpha value is -1.95. The number of nitrogens with one attached hydrogen (secondary N) is 2. The molecule has 0 aromatic carbocycles. The topological polar surface area (TPSA) is 83.8 Å². The third-order valence-corrected chi connectivity index (χ3v) is 3.18. The van der Waals surface area contributed by atoms with Crippen LogP contribution >= 0.6 is 0 Å². The Morgan fingerprint density at radius 1 is 1.28 bits per heavy atom. The Morgan fingerprint density at radius 2 is 2.11 bits per heavy atom. The Kier molecular flexibility index (Phi) is 2.93. The molecule has 6 nitrogen and oxygen atoms in total. The first-order valence-electron chi connectivity index (χ1n) is 6.06. The van der Waals surface area contributed by atoms with Gasteiger partial charge in [-0.05, 0) is 32.0 Å². The fraction of sp³-hybridized carbons (Fsp3) is 0.417. The summed E-state index contributed by atoms with van der Waals surface area (Å²) in [6.07, 6.45) is 3.65. The van der Waals surface area contributed by atoms with Crippen LogP contribution in [0.2, 0.25) is 0 Å². The van der Waals surface area contributed by atoms with Crippen molar-refractivity contribution in [3.63, 3.8) is 0 Å². The molecule has 1 aliphatic heterocycles. The Balaban J connectivity index is 1.84. The van der Waals surface area contributed by atoms with E-state index in [1.165, 1.54) is 6.07 Å². The van der Waals surface area contributed by atoms with E-state index in [9.17, 15) is 4.79 Å². The molecule has 6 heteroatoms. The van der Waals surface area contributed by atoms with Gasteiger partial charge < -0.3 is 14.8 Å². The van der Waals surface area contributed by atoms with Crippen molar-refractivity contribution in [1.82, 2.24) is 20.4 Å². The van der Waals surface area contributed by atoms with Crippen LogP contribution in [0, 0.1) is 0 Å². The average molecular weight is 246 g/mol. The minimum atomic E-state index is -0.142. The first kappa shape index (κ1) is 11.2. The highest BCUT2D eigenvalue weighted by Gasteiger charge is 2.21. The monoisotopic (exact) mass is 246 g/mol. The fourth-order valence-corrected chi connectivity index (χ4v) is 2.14. The molecule has 18 heavy (non-hydrogen) atoms. The Morgan fingerprint density at radius 3 is 2.83 bits per heavy atom. The predicted molar refractivity (Wildman–Crippen MR) is 65.2 cm³/mol. The van der Waals surface area contributed by atoms with Crippen LogP contribution in [0.15, 0.2) is 27.6 Å². The second-order valence-corrected chi connectivity index (χ2v) is 4.42. The van der Waals surface area contributed by atoms with E-state index < -0.39 is 0 Å². The van der Waals surface area contributed by atoms with Crippen molar-refractivity contribution in [2.75, 3.05) is 13.1 Å². The number of rotatable bonds is 2. The molecule has 94 valence electrons. The van der Waals surface area contributed by atoms with E-state index in [1.807, 2.05) is 0 Å². The normalized spacial score (nSPS) is 16.9. The lowest BCUT2D eigenvalue weighted by Gasteiger charge is -2.18. The van der Waals surface area contributed by atoms with Crippen LogP contribution in [-0.2, 0) is 0 Å². The summed E-state index contributed by atoms with van der Waals surface area (Å²) in [7, 11) is 0. The lowest BCUT2D eigenvalue weighted by molar-refractivity contribution is 0.392. The number of piperidine rings is 1. The molecule has 0 radical (unpaired) electrons. The number of nitrogens with zero attached hydrogens (tertiary/aromatic N) is 2. The van der Waals surface area contributed by atoms with Crippen molar-refractivity contribution in [1.29, 1.82) is 0 Å². The first-order valence-corrected chi connectivity index (χ1v) is 6.06. The predicted octanol–water partition coefficient (Wildman–Crippen LogP) is 0.892. The van der Waals surface area contributed by atoms with E-state index in [1.54, 1.807) is 12.3 Å². The van der Waals surface area contributed by atoms with E-state index in [0.29, 0.717) is 11.8 Å². The fourth-order valence-electron chi connectivity index (χ4n) is 2.14. The van der Waals surface area contributed by atoms with Crippen molar-refractivity contribution < 1.29 is 4.52 Å². The maximum Gasteiger partial charge on any atom is 0.259 e. The van der Waals surface area contributed by atoms with Gasteiger partial charge in [-0.1, -0.05) is 5.16 Å². The largest absolute Gasteiger partial charge is 0.334 e. The lowest BCUT2D eigenvalue weighted by atomic mass is 9.98. The molecule has 0 amide bonds. The molecule has 2 aromatic rings. The summed E-state index contributed by atoms with van der Waals surface area (Å²) in [4.78, 5) is 18.0. The van der Waals surface area contributed by atoms with Crippen LogP contribution in [0.4, 0.5) is 0 Å². The smallest absolute Gasteiger partial charge is 0.259 e. The van der Waals surface area contributed by atoms with Gasteiger partial charge in [-0.3, -0.25) is 4.79 Å². The second-order valence-electron chi connectivity index (χ2n) is 4.42. The van der Waals surface area contributed by atoms with Crippen LogP contribution < -0.4 is 10.9 Å². The van der Waals surface area contributed by atoms with Crippen molar-refractivity contribution in [3.05, 3.63) is 34.5 Å². The standard InChI is InChI=1S/C12H14N4O2/c17-10-2-1-9(7-14-10)12-15-11(16-18-12)8-3-5-13-6-4-8/h1-2,7-8,13H,3-6H2,(H,14,17). The van der Waals surface area contributed by atoms with Gasteiger partial charge in [-0.15, -0.1) is 0 Å². The molecule has 0 atom stereocenters. The summed E-state index contributed by atoms with van der Waals surface area (Å²) >= 11 is 0. The molecule has 2 N–H and O–H groups in total. The summed E-state index contributed by atoms with van der Waals surface area (Å²) < 4.78 is 5.24. The van der Waals surface area contributed by atoms with Crippen LogP contribution in [-0.4, -0.2) is 28.2 Å². The summed E-state index contributed by atoms with van der Waals surface area (Å²) in [5, 5.41) is 7.34. The van der Waals surface area contributed by atoms with E-state index in [0.717, 1.165) is 37.3 Å². The highest BCUT2D eigenvalue weighted by Crippen LogP contribution is 2.24. The molecule has 1 fully saturated rings. The van der Waals surface area contributed by atoms with Crippen molar-refractivity contribution >= 4 is 0 Å². The van der Waals surface area contributed by atoms with Gasteiger partial charge in [0.2, 0.25) is 5.56 Å². The number of aromatic nitrogens is 3. The number of aromatic amines is 1. The zero-order valence-electron chi connectivity index (χ0n) is 9.85. The molecule has 0 aliphatic carbocycles. The van der Waals surface area contributed by atoms with Gasteiger partial charge in [0.1, 0.15) is 0 Å². The molecule has 3 rings (SSSR count). The molecule has 0 bridgehead atoms. The molecule has 0 unspecified atom stereocenters. The number of hydrogen-bond acceptors (Lipinski definition) is 5. The minimum Gasteiger partial charge on any atom is -0.334 e. The number of hydrogen-bond donors (Lipinski definition) is 2. The maximum atomic E-state index is 11.0. The van der Waals surface area contributed by atoms with Crippen LogP contribution in [0.25, 0.3) is 11.5 Å². The van der Waals surface area contributed by atoms with Gasteiger partial charge in [0.15, 0.2) is 5.82 Å². The highest BCUT2D eigenvalue weighted by molar-refractivity contribution is 5.50. The molecule has 2 aromatic heterocycles. The van der Waals surface area contributed by atoms with E-state index in [4.69, 9.17) is 4.52 Å². The van der Waals surface area contributed by atoms with Crippen LogP contribution in [0.3, 0.4) is 0 Å². The number of H-pyrrole nitrogens is 1. The van der Waals surface area contributed by atoms with E-state index >= 15 is 0 Å². The first-order chi connectivity index (χ1) is 8.83. The van der Waals surface area contributed by atoms with Crippen molar-refractivity contribution in [2.45, 2.75) is 18.8 Å². The average Bonchev–Trinajstić information content (AvgIpc) is 2.90. The molecular weight excluding hydrogens is 232 g/mol. The molecule has 0 saturated carbocycles. The Labute approximate surface area is 103 Å². The second kappa shape index (κ2) is 4.73. The maximum absolute atomic E-state index is 11.0. The zero-order chi connectivity index (χ0) is 12.4.